The molecule has 61 valence electrons. The van der Waals surface area contributed by atoms with Crippen molar-refractivity contribution in [3.63, 3.8) is 0 Å². The molecule has 0 aliphatic rings. The maximum Gasteiger partial charge on any atom is 0.0991 e. The molecule has 1 radical (unpaired) electrons. The number of rotatable bonds is 2. The van der Waals surface area contributed by atoms with Crippen molar-refractivity contribution in [1.29, 1.82) is 5.26 Å². The Labute approximate surface area is 73.0 Å². The van der Waals surface area contributed by atoms with Crippen molar-refractivity contribution in [3.05, 3.63) is 42.4 Å². The lowest BCUT2D eigenvalue weighted by Crippen LogP contribution is -2.07. The molecule has 0 saturated heterocycles. The maximum absolute atomic E-state index is 8.54. The van der Waals surface area contributed by atoms with Gasteiger partial charge in [0.2, 0.25) is 0 Å². The molecule has 0 N–H and O–H groups in total. The van der Waals surface area contributed by atoms with Crippen molar-refractivity contribution >= 4 is 0 Å². The first-order valence-corrected chi connectivity index (χ1v) is 3.73. The maximum atomic E-state index is 8.54. The van der Waals surface area contributed by atoms with Crippen LogP contribution in [0.25, 0.3) is 0 Å². The molecular formula is C10H11N2. The van der Waals surface area contributed by atoms with Crippen LogP contribution in [0.4, 0.5) is 0 Å². The average Bonchev–Trinajstić information content (AvgIpc) is 2.05. The highest BCUT2D eigenvalue weighted by Crippen LogP contribution is 2.04. The molecule has 2 nitrogen and oxygen atoms in total. The van der Waals surface area contributed by atoms with E-state index in [4.69, 9.17) is 5.26 Å². The summed E-state index contributed by atoms with van der Waals surface area (Å²) in [4.78, 5) is 1.85. The normalized spacial score (nSPS) is 9.83. The SMILES string of the molecule is [CH2]N(C)Cc1ccc(C#N)cc1. The zero-order chi connectivity index (χ0) is 8.97. The molecule has 1 rings (SSSR count). The van der Waals surface area contributed by atoms with Gasteiger partial charge in [0, 0.05) is 13.6 Å². The molecule has 0 fully saturated rings. The zero-order valence-corrected chi connectivity index (χ0v) is 7.12. The molecule has 12 heavy (non-hydrogen) atoms. The fourth-order valence-corrected chi connectivity index (χ4v) is 0.996. The van der Waals surface area contributed by atoms with Gasteiger partial charge in [0.15, 0.2) is 0 Å². The summed E-state index contributed by atoms with van der Waals surface area (Å²) in [5.41, 5.74) is 1.87. The standard InChI is InChI=1S/C10H11N2/c1-12(2)8-10-5-3-9(7-11)4-6-10/h3-6H,1,8H2,2H3. The minimum atomic E-state index is 0.700. The summed E-state index contributed by atoms with van der Waals surface area (Å²) >= 11 is 0. The molecule has 0 atom stereocenters. The van der Waals surface area contributed by atoms with Gasteiger partial charge in [-0.15, -0.1) is 0 Å². The Bertz CT molecular complexity index is 280. The molecule has 0 heterocycles. The van der Waals surface area contributed by atoms with Crippen molar-refractivity contribution in [1.82, 2.24) is 4.90 Å². The number of benzene rings is 1. The van der Waals surface area contributed by atoms with Gasteiger partial charge >= 0.3 is 0 Å². The smallest absolute Gasteiger partial charge is 0.0991 e. The molecule has 1 aromatic rings. The van der Waals surface area contributed by atoms with Crippen LogP contribution in [0.2, 0.25) is 0 Å². The predicted octanol–water partition coefficient (Wildman–Crippen LogP) is 1.78. The minimum Gasteiger partial charge on any atom is -0.301 e. The summed E-state index contributed by atoms with van der Waals surface area (Å²) in [7, 11) is 5.66. The molecule has 0 aromatic heterocycles. The molecule has 0 unspecified atom stereocenters. The van der Waals surface area contributed by atoms with Gasteiger partial charge in [-0.1, -0.05) is 12.1 Å². The Morgan fingerprint density at radius 3 is 2.42 bits per heavy atom. The van der Waals surface area contributed by atoms with Gasteiger partial charge in [-0.25, -0.2) is 0 Å². The monoisotopic (exact) mass is 159 g/mol. The summed E-state index contributed by atoms with van der Waals surface area (Å²) in [5.74, 6) is 0. The van der Waals surface area contributed by atoms with Crippen LogP contribution in [0, 0.1) is 18.4 Å². The van der Waals surface area contributed by atoms with Gasteiger partial charge in [0.25, 0.3) is 0 Å². The van der Waals surface area contributed by atoms with E-state index in [-0.39, 0.29) is 0 Å². The Morgan fingerprint density at radius 2 is 2.00 bits per heavy atom. The molecule has 0 bridgehead atoms. The molecule has 2 heteroatoms. The molecule has 0 saturated carbocycles. The average molecular weight is 159 g/mol. The van der Waals surface area contributed by atoms with E-state index in [9.17, 15) is 0 Å². The largest absolute Gasteiger partial charge is 0.301 e. The highest BCUT2D eigenvalue weighted by Gasteiger charge is 1.94. The van der Waals surface area contributed by atoms with Crippen LogP contribution in [-0.2, 0) is 6.54 Å². The van der Waals surface area contributed by atoms with Crippen molar-refractivity contribution in [2.75, 3.05) is 7.05 Å². The van der Waals surface area contributed by atoms with Crippen molar-refractivity contribution in [2.45, 2.75) is 6.54 Å². The summed E-state index contributed by atoms with van der Waals surface area (Å²) < 4.78 is 0. The lowest BCUT2D eigenvalue weighted by Gasteiger charge is -2.08. The molecule has 0 amide bonds. The Morgan fingerprint density at radius 1 is 1.42 bits per heavy atom. The highest BCUT2D eigenvalue weighted by molar-refractivity contribution is 5.31. The highest BCUT2D eigenvalue weighted by atomic mass is 15.0. The number of nitriles is 1. The van der Waals surface area contributed by atoms with Crippen LogP contribution in [0.1, 0.15) is 11.1 Å². The van der Waals surface area contributed by atoms with E-state index in [1.807, 2.05) is 36.2 Å². The fourth-order valence-electron chi connectivity index (χ4n) is 0.996. The van der Waals surface area contributed by atoms with Crippen molar-refractivity contribution in [2.24, 2.45) is 0 Å². The topological polar surface area (TPSA) is 27.0 Å². The second-order valence-electron chi connectivity index (χ2n) is 2.82. The third kappa shape index (κ3) is 2.37. The first-order valence-electron chi connectivity index (χ1n) is 3.73. The number of hydrogen-bond acceptors (Lipinski definition) is 2. The van der Waals surface area contributed by atoms with Crippen molar-refractivity contribution < 1.29 is 0 Å². The number of nitrogens with zero attached hydrogens (tertiary/aromatic N) is 2. The van der Waals surface area contributed by atoms with Crippen molar-refractivity contribution in [3.8, 4) is 6.07 Å². The summed E-state index contributed by atoms with van der Waals surface area (Å²) in [6.45, 7) is 0.811. The summed E-state index contributed by atoms with van der Waals surface area (Å²) in [6, 6.07) is 9.60. The third-order valence-corrected chi connectivity index (χ3v) is 1.54. The van der Waals surface area contributed by atoms with Crippen LogP contribution in [0.3, 0.4) is 0 Å². The van der Waals surface area contributed by atoms with E-state index in [0.717, 1.165) is 6.54 Å². The first-order chi connectivity index (χ1) is 5.72. The van der Waals surface area contributed by atoms with Gasteiger partial charge in [0.1, 0.15) is 0 Å². The third-order valence-electron chi connectivity index (χ3n) is 1.54. The van der Waals surface area contributed by atoms with Crippen LogP contribution in [0.15, 0.2) is 24.3 Å². The van der Waals surface area contributed by atoms with Gasteiger partial charge in [-0.3, -0.25) is 0 Å². The second-order valence-corrected chi connectivity index (χ2v) is 2.82. The Kier molecular flexibility index (Phi) is 2.84. The molecule has 0 spiro atoms. The second kappa shape index (κ2) is 3.89. The van der Waals surface area contributed by atoms with Gasteiger partial charge in [-0.05, 0) is 24.7 Å². The van der Waals surface area contributed by atoms with Crippen LogP contribution < -0.4 is 0 Å². The summed E-state index contributed by atoms with van der Waals surface area (Å²) in [5, 5.41) is 8.54. The van der Waals surface area contributed by atoms with Gasteiger partial charge in [-0.2, -0.15) is 5.26 Å². The quantitative estimate of drug-likeness (QED) is 0.657. The molecule has 0 aliphatic heterocycles. The summed E-state index contributed by atoms with van der Waals surface area (Å²) in [6.07, 6.45) is 0. The molecule has 0 aliphatic carbocycles. The lowest BCUT2D eigenvalue weighted by molar-refractivity contribution is 0.445. The fraction of sp³-hybridized carbons (Fsp3) is 0.200. The minimum absolute atomic E-state index is 0.700. The molecule has 1 aromatic carbocycles. The Hall–Kier alpha value is -1.33. The van der Waals surface area contributed by atoms with E-state index in [0.29, 0.717) is 5.56 Å². The van der Waals surface area contributed by atoms with E-state index in [2.05, 4.69) is 13.1 Å². The van der Waals surface area contributed by atoms with E-state index in [1.165, 1.54) is 5.56 Å². The van der Waals surface area contributed by atoms with Gasteiger partial charge in [0.05, 0.1) is 11.6 Å². The lowest BCUT2D eigenvalue weighted by atomic mass is 10.1. The van der Waals surface area contributed by atoms with E-state index >= 15 is 0 Å². The van der Waals surface area contributed by atoms with Crippen LogP contribution in [-0.4, -0.2) is 11.9 Å². The first kappa shape index (κ1) is 8.76. The van der Waals surface area contributed by atoms with E-state index in [1.54, 1.807) is 0 Å². The zero-order valence-electron chi connectivity index (χ0n) is 7.12. The molecular weight excluding hydrogens is 148 g/mol. The Balaban J connectivity index is 2.73. The van der Waals surface area contributed by atoms with E-state index < -0.39 is 0 Å². The number of hydrogen-bond donors (Lipinski definition) is 0. The van der Waals surface area contributed by atoms with Crippen LogP contribution in [0.5, 0.6) is 0 Å². The van der Waals surface area contributed by atoms with Crippen LogP contribution >= 0.6 is 0 Å². The predicted molar refractivity (Wildman–Crippen MR) is 48.0 cm³/mol. The van der Waals surface area contributed by atoms with Gasteiger partial charge < -0.3 is 4.90 Å².